The average Bonchev–Trinajstić information content (AvgIpc) is 3.26. The number of thioether (sulfide) groups is 1. The van der Waals surface area contributed by atoms with Crippen molar-refractivity contribution in [3.8, 4) is 11.4 Å². The number of tetrazole rings is 1. The minimum absolute atomic E-state index is 0.00984. The zero-order valence-corrected chi connectivity index (χ0v) is 17.7. The Hall–Kier alpha value is -3.08. The molecule has 0 bridgehead atoms. The molecular weight excluding hydrogens is 443 g/mol. The number of benzene rings is 2. The molecule has 2 heterocycles. The smallest absolute Gasteiger partial charge is 0.406 e. The molecule has 32 heavy (non-hydrogen) atoms. The number of hydrogen-bond donors (Lipinski definition) is 0. The van der Waals surface area contributed by atoms with Crippen molar-refractivity contribution in [3.05, 3.63) is 60.2 Å². The lowest BCUT2D eigenvalue weighted by Gasteiger charge is -2.30. The third-order valence-corrected chi connectivity index (χ3v) is 6.15. The van der Waals surface area contributed by atoms with Crippen LogP contribution in [0.25, 0.3) is 5.69 Å². The molecule has 11 heteroatoms. The molecule has 1 aliphatic rings. The summed E-state index contributed by atoms with van der Waals surface area (Å²) >= 11 is 1.21. The lowest BCUT2D eigenvalue weighted by atomic mass is 10.1. The molecule has 2 aromatic carbocycles. The largest absolute Gasteiger partial charge is 0.573 e. The van der Waals surface area contributed by atoms with Crippen LogP contribution in [-0.2, 0) is 4.79 Å². The molecule has 1 aromatic heterocycles. The number of ether oxygens (including phenoxy) is 1. The zero-order valence-electron chi connectivity index (χ0n) is 16.9. The molecule has 1 amide bonds. The number of amides is 1. The summed E-state index contributed by atoms with van der Waals surface area (Å²) in [5.41, 5.74) is 1.28. The van der Waals surface area contributed by atoms with Gasteiger partial charge in [0.1, 0.15) is 11.0 Å². The van der Waals surface area contributed by atoms with Crippen LogP contribution in [0.2, 0.25) is 0 Å². The van der Waals surface area contributed by atoms with Crippen LogP contribution >= 0.6 is 11.8 Å². The lowest BCUT2D eigenvalue weighted by molar-refractivity contribution is -0.274. The zero-order chi connectivity index (χ0) is 22.6. The van der Waals surface area contributed by atoms with E-state index in [9.17, 15) is 18.0 Å². The van der Waals surface area contributed by atoms with Gasteiger partial charge >= 0.3 is 6.36 Å². The van der Waals surface area contributed by atoms with Gasteiger partial charge in [-0.3, -0.25) is 4.79 Å². The van der Waals surface area contributed by atoms with E-state index < -0.39 is 11.6 Å². The highest BCUT2D eigenvalue weighted by Crippen LogP contribution is 2.37. The fourth-order valence-corrected chi connectivity index (χ4v) is 4.56. The molecule has 0 unspecified atom stereocenters. The molecule has 7 nitrogen and oxygen atoms in total. The summed E-state index contributed by atoms with van der Waals surface area (Å²) in [7, 11) is 0. The minimum Gasteiger partial charge on any atom is -0.406 e. The van der Waals surface area contributed by atoms with Crippen LogP contribution in [0.3, 0.4) is 0 Å². The topological polar surface area (TPSA) is 73.1 Å². The van der Waals surface area contributed by atoms with Gasteiger partial charge in [0.15, 0.2) is 0 Å². The first kappa shape index (κ1) is 22.1. The molecule has 0 spiro atoms. The molecule has 0 radical (unpaired) electrons. The molecule has 1 atom stereocenters. The molecule has 0 N–H and O–H groups in total. The highest BCUT2D eigenvalue weighted by molar-refractivity contribution is 8.00. The quantitative estimate of drug-likeness (QED) is 0.505. The lowest BCUT2D eigenvalue weighted by Crippen LogP contribution is -2.38. The van der Waals surface area contributed by atoms with Crippen LogP contribution in [0, 0.1) is 0 Å². The van der Waals surface area contributed by atoms with Crippen molar-refractivity contribution < 1.29 is 22.7 Å². The summed E-state index contributed by atoms with van der Waals surface area (Å²) < 4.78 is 42.5. The van der Waals surface area contributed by atoms with E-state index in [1.54, 1.807) is 0 Å². The van der Waals surface area contributed by atoms with Gasteiger partial charge in [-0.15, -0.1) is 18.3 Å². The molecule has 168 valence electrons. The van der Waals surface area contributed by atoms with Crippen molar-refractivity contribution in [3.63, 3.8) is 0 Å². The summed E-state index contributed by atoms with van der Waals surface area (Å²) in [5.74, 6) is -0.352. The third-order valence-electron chi connectivity index (χ3n) is 4.97. The van der Waals surface area contributed by atoms with E-state index in [-0.39, 0.29) is 11.7 Å². The highest BCUT2D eigenvalue weighted by atomic mass is 32.2. The molecule has 3 aromatic rings. The molecule has 1 saturated heterocycles. The number of alkyl halides is 3. The number of halogens is 3. The summed E-state index contributed by atoms with van der Waals surface area (Å²) in [6.07, 6.45) is -1.71. The Morgan fingerprint density at radius 1 is 1.00 bits per heavy atom. The number of rotatable bonds is 6. The van der Waals surface area contributed by atoms with E-state index in [4.69, 9.17) is 0 Å². The van der Waals surface area contributed by atoms with Gasteiger partial charge in [-0.25, -0.2) is 0 Å². The maximum absolute atomic E-state index is 13.4. The second-order valence-corrected chi connectivity index (χ2v) is 8.28. The van der Waals surface area contributed by atoms with Crippen LogP contribution in [0.5, 0.6) is 5.75 Å². The number of carbonyl (C=O) groups excluding carboxylic acids is 1. The monoisotopic (exact) mass is 463 g/mol. The Bertz CT molecular complexity index is 1040. The Balaban J connectivity index is 1.59. The van der Waals surface area contributed by atoms with Gasteiger partial charge in [-0.1, -0.05) is 42.1 Å². The predicted molar refractivity (Wildman–Crippen MR) is 111 cm³/mol. The number of likely N-dealkylation sites (tertiary alicyclic amines) is 1. The second kappa shape index (κ2) is 9.60. The maximum atomic E-state index is 13.4. The molecule has 0 saturated carbocycles. The molecule has 1 fully saturated rings. The van der Waals surface area contributed by atoms with Crippen molar-refractivity contribution >= 4 is 17.7 Å². The van der Waals surface area contributed by atoms with Crippen LogP contribution in [0.4, 0.5) is 13.2 Å². The molecular formula is C21H20F3N5O2S. The van der Waals surface area contributed by atoms with Crippen LogP contribution < -0.4 is 4.74 Å². The Morgan fingerprint density at radius 2 is 1.69 bits per heavy atom. The third kappa shape index (κ3) is 5.39. The predicted octanol–water partition coefficient (Wildman–Crippen LogP) is 4.41. The van der Waals surface area contributed by atoms with Gasteiger partial charge in [0, 0.05) is 13.1 Å². The van der Waals surface area contributed by atoms with E-state index in [0.717, 1.165) is 24.8 Å². The maximum Gasteiger partial charge on any atom is 0.573 e. The molecule has 1 aliphatic heterocycles. The van der Waals surface area contributed by atoms with Crippen molar-refractivity contribution in [2.45, 2.75) is 36.0 Å². The van der Waals surface area contributed by atoms with Gasteiger partial charge < -0.3 is 9.64 Å². The van der Waals surface area contributed by atoms with Crippen LogP contribution in [-0.4, -0.2) is 50.5 Å². The van der Waals surface area contributed by atoms with Crippen molar-refractivity contribution in [1.29, 1.82) is 0 Å². The van der Waals surface area contributed by atoms with Gasteiger partial charge in [-0.05, 0) is 59.5 Å². The van der Waals surface area contributed by atoms with Gasteiger partial charge in [0.05, 0.1) is 5.69 Å². The first-order valence-corrected chi connectivity index (χ1v) is 10.9. The summed E-state index contributed by atoms with van der Waals surface area (Å²) in [6, 6.07) is 14.6. The Morgan fingerprint density at radius 3 is 2.34 bits per heavy atom. The summed E-state index contributed by atoms with van der Waals surface area (Å²) in [5, 5.41) is 11.5. The SMILES string of the molecule is O=C([C@H](Sc1nnnn1-c1ccc(OC(F)(F)F)cc1)c1ccccc1)N1CCCCC1. The fourth-order valence-electron chi connectivity index (χ4n) is 3.48. The van der Waals surface area contributed by atoms with Crippen molar-refractivity contribution in [2.75, 3.05) is 13.1 Å². The number of nitrogens with zero attached hydrogens (tertiary/aromatic N) is 5. The Labute approximate surface area is 186 Å². The molecule has 4 rings (SSSR count). The van der Waals surface area contributed by atoms with E-state index in [0.29, 0.717) is 23.9 Å². The van der Waals surface area contributed by atoms with Crippen molar-refractivity contribution in [2.24, 2.45) is 0 Å². The second-order valence-electron chi connectivity index (χ2n) is 7.21. The van der Waals surface area contributed by atoms with E-state index >= 15 is 0 Å². The number of carbonyl (C=O) groups is 1. The first-order chi connectivity index (χ1) is 15.4. The average molecular weight is 463 g/mol. The Kier molecular flexibility index (Phi) is 6.63. The van der Waals surface area contributed by atoms with Crippen molar-refractivity contribution in [1.82, 2.24) is 25.1 Å². The minimum atomic E-state index is -4.77. The number of hydrogen-bond acceptors (Lipinski definition) is 6. The normalized spacial score (nSPS) is 15.4. The van der Waals surface area contributed by atoms with Crippen LogP contribution in [0.15, 0.2) is 59.8 Å². The van der Waals surface area contributed by atoms with Crippen LogP contribution in [0.1, 0.15) is 30.1 Å². The van der Waals surface area contributed by atoms with Gasteiger partial charge in [0.2, 0.25) is 11.1 Å². The van der Waals surface area contributed by atoms with Gasteiger partial charge in [-0.2, -0.15) is 4.68 Å². The standard InChI is InChI=1S/C21H20F3N5O2S/c22-21(23,24)31-17-11-9-16(10-12-17)29-20(25-26-27-29)32-18(15-7-3-1-4-8-15)19(30)28-13-5-2-6-14-28/h1,3-4,7-12,18H,2,5-6,13-14H2/t18-/m1/s1. The summed E-state index contributed by atoms with van der Waals surface area (Å²) in [4.78, 5) is 15.2. The number of aromatic nitrogens is 4. The number of piperidine rings is 1. The van der Waals surface area contributed by atoms with E-state index in [1.807, 2.05) is 35.2 Å². The fraction of sp³-hybridized carbons (Fsp3) is 0.333. The van der Waals surface area contributed by atoms with E-state index in [2.05, 4.69) is 20.3 Å². The summed E-state index contributed by atoms with van der Waals surface area (Å²) in [6.45, 7) is 1.43. The molecule has 0 aliphatic carbocycles. The first-order valence-electron chi connectivity index (χ1n) is 10.1. The van der Waals surface area contributed by atoms with E-state index in [1.165, 1.54) is 40.7 Å². The highest BCUT2D eigenvalue weighted by Gasteiger charge is 2.32. The van der Waals surface area contributed by atoms with Gasteiger partial charge in [0.25, 0.3) is 0 Å².